The molecule has 0 spiro atoms. The second-order valence-electron chi connectivity index (χ2n) is 4.06. The third-order valence-corrected chi connectivity index (χ3v) is 2.94. The smallest absolute Gasteiger partial charge is 0.111 e. The molecule has 0 amide bonds. The number of aryl methyl sites for hydroxylation is 1. The molecule has 0 aliphatic heterocycles. The maximum Gasteiger partial charge on any atom is 0.111 e. The molecular formula is C10H16N2O. The van der Waals surface area contributed by atoms with Gasteiger partial charge >= 0.3 is 0 Å². The molecule has 0 atom stereocenters. The van der Waals surface area contributed by atoms with E-state index in [0.29, 0.717) is 6.42 Å². The van der Waals surface area contributed by atoms with Gasteiger partial charge in [-0.3, -0.25) is 0 Å². The third kappa shape index (κ3) is 1.75. The van der Waals surface area contributed by atoms with Crippen LogP contribution in [0.15, 0.2) is 12.4 Å². The van der Waals surface area contributed by atoms with Crippen LogP contribution in [0.4, 0.5) is 0 Å². The molecule has 1 fully saturated rings. The standard InChI is InChI=1S/C10H16N2O/c1-12-7-6-11-9(12)8-10(13)4-2-3-5-10/h6-7,13H,2-5,8H2,1H3. The summed E-state index contributed by atoms with van der Waals surface area (Å²) < 4.78 is 1.98. The molecule has 1 saturated carbocycles. The molecule has 72 valence electrons. The minimum Gasteiger partial charge on any atom is -0.389 e. The fourth-order valence-corrected chi connectivity index (χ4v) is 2.07. The van der Waals surface area contributed by atoms with Crippen molar-refractivity contribution in [2.45, 2.75) is 37.7 Å². The van der Waals surface area contributed by atoms with Gasteiger partial charge in [-0.25, -0.2) is 4.98 Å². The predicted molar refractivity (Wildman–Crippen MR) is 50.3 cm³/mol. The highest BCUT2D eigenvalue weighted by Crippen LogP contribution is 2.31. The van der Waals surface area contributed by atoms with Crippen molar-refractivity contribution in [2.24, 2.45) is 7.05 Å². The second-order valence-corrected chi connectivity index (χ2v) is 4.06. The largest absolute Gasteiger partial charge is 0.389 e. The maximum atomic E-state index is 10.1. The number of aliphatic hydroxyl groups is 1. The molecule has 1 aliphatic rings. The van der Waals surface area contributed by atoms with E-state index in [2.05, 4.69) is 4.98 Å². The normalized spacial score (nSPS) is 20.8. The number of aromatic nitrogens is 2. The van der Waals surface area contributed by atoms with E-state index in [1.807, 2.05) is 17.8 Å². The highest BCUT2D eigenvalue weighted by atomic mass is 16.3. The van der Waals surface area contributed by atoms with E-state index in [4.69, 9.17) is 0 Å². The summed E-state index contributed by atoms with van der Waals surface area (Å²) in [6.45, 7) is 0. The predicted octanol–water partition coefficient (Wildman–Crippen LogP) is 1.27. The van der Waals surface area contributed by atoms with Crippen LogP contribution in [0, 0.1) is 0 Å². The highest BCUT2D eigenvalue weighted by molar-refractivity contribution is 4.99. The van der Waals surface area contributed by atoms with Crippen molar-refractivity contribution in [3.8, 4) is 0 Å². The molecule has 0 aromatic carbocycles. The molecule has 0 saturated heterocycles. The van der Waals surface area contributed by atoms with Crippen molar-refractivity contribution < 1.29 is 5.11 Å². The minimum atomic E-state index is -0.473. The quantitative estimate of drug-likeness (QED) is 0.744. The number of rotatable bonds is 2. The van der Waals surface area contributed by atoms with Crippen LogP contribution in [0.25, 0.3) is 0 Å². The summed E-state index contributed by atoms with van der Waals surface area (Å²) in [5.41, 5.74) is -0.473. The lowest BCUT2D eigenvalue weighted by atomic mass is 9.98. The van der Waals surface area contributed by atoms with Crippen LogP contribution < -0.4 is 0 Å². The van der Waals surface area contributed by atoms with Crippen molar-refractivity contribution >= 4 is 0 Å². The Bertz CT molecular complexity index is 287. The van der Waals surface area contributed by atoms with Gasteiger partial charge in [0.15, 0.2) is 0 Å². The Morgan fingerprint density at radius 1 is 1.54 bits per heavy atom. The number of hydrogen-bond donors (Lipinski definition) is 1. The Balaban J connectivity index is 2.09. The van der Waals surface area contributed by atoms with Gasteiger partial charge in [-0.2, -0.15) is 0 Å². The molecule has 1 heterocycles. The molecule has 3 heteroatoms. The van der Waals surface area contributed by atoms with Gasteiger partial charge < -0.3 is 9.67 Å². The zero-order chi connectivity index (χ0) is 9.31. The summed E-state index contributed by atoms with van der Waals surface area (Å²) in [5, 5.41) is 10.1. The van der Waals surface area contributed by atoms with Crippen molar-refractivity contribution in [1.29, 1.82) is 0 Å². The van der Waals surface area contributed by atoms with Crippen LogP contribution in [0.1, 0.15) is 31.5 Å². The van der Waals surface area contributed by atoms with E-state index in [1.54, 1.807) is 6.20 Å². The van der Waals surface area contributed by atoms with Crippen molar-refractivity contribution in [1.82, 2.24) is 9.55 Å². The second kappa shape index (κ2) is 3.14. The van der Waals surface area contributed by atoms with E-state index in [-0.39, 0.29) is 0 Å². The Kier molecular flexibility index (Phi) is 2.12. The van der Waals surface area contributed by atoms with Crippen molar-refractivity contribution in [2.75, 3.05) is 0 Å². The first-order valence-corrected chi connectivity index (χ1v) is 4.88. The van der Waals surface area contributed by atoms with Crippen LogP contribution in [-0.4, -0.2) is 20.3 Å². The molecule has 1 aliphatic carbocycles. The fraction of sp³-hybridized carbons (Fsp3) is 0.700. The van der Waals surface area contributed by atoms with Gasteiger partial charge in [-0.15, -0.1) is 0 Å². The fourth-order valence-electron chi connectivity index (χ4n) is 2.07. The van der Waals surface area contributed by atoms with E-state index in [9.17, 15) is 5.11 Å². The van der Waals surface area contributed by atoms with Crippen LogP contribution in [0.2, 0.25) is 0 Å². The van der Waals surface area contributed by atoms with Gasteiger partial charge in [0, 0.05) is 25.9 Å². The Hall–Kier alpha value is -0.830. The average molecular weight is 180 g/mol. The summed E-state index contributed by atoms with van der Waals surface area (Å²) in [7, 11) is 1.97. The van der Waals surface area contributed by atoms with Gasteiger partial charge in [0.25, 0.3) is 0 Å². The summed E-state index contributed by atoms with van der Waals surface area (Å²) in [6.07, 6.45) is 8.58. The topological polar surface area (TPSA) is 38.0 Å². The highest BCUT2D eigenvalue weighted by Gasteiger charge is 2.32. The molecule has 0 radical (unpaired) electrons. The Morgan fingerprint density at radius 2 is 2.23 bits per heavy atom. The first-order valence-electron chi connectivity index (χ1n) is 4.88. The van der Waals surface area contributed by atoms with Gasteiger partial charge in [0.05, 0.1) is 5.60 Å². The van der Waals surface area contributed by atoms with Crippen molar-refractivity contribution in [3.63, 3.8) is 0 Å². The monoisotopic (exact) mass is 180 g/mol. The summed E-state index contributed by atoms with van der Waals surface area (Å²) in [4.78, 5) is 4.23. The molecule has 3 nitrogen and oxygen atoms in total. The van der Waals surface area contributed by atoms with E-state index in [1.165, 1.54) is 0 Å². The number of nitrogens with zero attached hydrogens (tertiary/aromatic N) is 2. The Labute approximate surface area is 78.4 Å². The molecule has 13 heavy (non-hydrogen) atoms. The summed E-state index contributed by atoms with van der Waals surface area (Å²) in [5.74, 6) is 0.990. The molecule has 1 aromatic rings. The van der Waals surface area contributed by atoms with Crippen molar-refractivity contribution in [3.05, 3.63) is 18.2 Å². The minimum absolute atomic E-state index is 0.473. The van der Waals surface area contributed by atoms with Gasteiger partial charge in [0.2, 0.25) is 0 Å². The first-order chi connectivity index (χ1) is 6.20. The van der Waals surface area contributed by atoms with Gasteiger partial charge in [-0.1, -0.05) is 12.8 Å². The Morgan fingerprint density at radius 3 is 2.77 bits per heavy atom. The average Bonchev–Trinajstić information content (AvgIpc) is 2.64. The molecule has 1 aromatic heterocycles. The first kappa shape index (κ1) is 8.75. The summed E-state index contributed by atoms with van der Waals surface area (Å²) in [6, 6.07) is 0. The molecule has 2 rings (SSSR count). The van der Waals surface area contributed by atoms with E-state index < -0.39 is 5.60 Å². The van der Waals surface area contributed by atoms with E-state index in [0.717, 1.165) is 31.5 Å². The maximum absolute atomic E-state index is 10.1. The van der Waals surface area contributed by atoms with Crippen LogP contribution >= 0.6 is 0 Å². The van der Waals surface area contributed by atoms with Crippen LogP contribution in [0.3, 0.4) is 0 Å². The van der Waals surface area contributed by atoms with E-state index >= 15 is 0 Å². The zero-order valence-corrected chi connectivity index (χ0v) is 8.03. The lowest BCUT2D eigenvalue weighted by Gasteiger charge is -2.21. The third-order valence-electron chi connectivity index (χ3n) is 2.94. The summed E-state index contributed by atoms with van der Waals surface area (Å²) >= 11 is 0. The van der Waals surface area contributed by atoms with Gasteiger partial charge in [0.1, 0.15) is 5.82 Å². The van der Waals surface area contributed by atoms with Crippen LogP contribution in [0.5, 0.6) is 0 Å². The van der Waals surface area contributed by atoms with Crippen LogP contribution in [-0.2, 0) is 13.5 Å². The SMILES string of the molecule is Cn1ccnc1CC1(O)CCCC1. The zero-order valence-electron chi connectivity index (χ0n) is 8.03. The number of hydrogen-bond acceptors (Lipinski definition) is 2. The lowest BCUT2D eigenvalue weighted by molar-refractivity contribution is 0.0455. The van der Waals surface area contributed by atoms with Gasteiger partial charge in [-0.05, 0) is 12.8 Å². The molecular weight excluding hydrogens is 164 g/mol. The lowest BCUT2D eigenvalue weighted by Crippen LogP contribution is -2.28. The molecule has 0 bridgehead atoms. The molecule has 0 unspecified atom stereocenters. The number of imidazole rings is 1. The molecule has 1 N–H and O–H groups in total.